The Morgan fingerprint density at radius 2 is 1.04 bits per heavy atom. The lowest BCUT2D eigenvalue weighted by Gasteiger charge is -2.01. The standard InChI is InChI=1S/2C5H10N2O3.C5H8O2/c2*6-3(5(9)10)1-2-4(7)8;6-4-2-1-3-5-7/h2*3H,1-2,6H2,(H2,7,8)(H,9,10);4-5H,1-3H2. The van der Waals surface area contributed by atoms with Gasteiger partial charge in [-0.3, -0.25) is 19.2 Å². The van der Waals surface area contributed by atoms with Crippen molar-refractivity contribution in [1.82, 2.24) is 0 Å². The summed E-state index contributed by atoms with van der Waals surface area (Å²) in [6.45, 7) is 0. The molecule has 0 aliphatic heterocycles. The maximum absolute atomic E-state index is 10.1. The average molecular weight is 392 g/mol. The summed E-state index contributed by atoms with van der Waals surface area (Å²) in [6, 6.07) is -1.96. The van der Waals surface area contributed by atoms with E-state index in [1.54, 1.807) is 0 Å². The highest BCUT2D eigenvalue weighted by Crippen LogP contribution is 1.93. The second kappa shape index (κ2) is 19.5. The van der Waals surface area contributed by atoms with Gasteiger partial charge in [0.25, 0.3) is 0 Å². The molecule has 0 aromatic heterocycles. The number of primary amides is 2. The van der Waals surface area contributed by atoms with Crippen LogP contribution in [0.4, 0.5) is 0 Å². The molecule has 12 nitrogen and oxygen atoms in total. The molecule has 12 heteroatoms. The third-order valence-corrected chi connectivity index (χ3v) is 2.68. The Kier molecular flexibility index (Phi) is 20.9. The summed E-state index contributed by atoms with van der Waals surface area (Å²) < 4.78 is 0. The molecule has 0 bridgehead atoms. The first-order chi connectivity index (χ1) is 12.5. The van der Waals surface area contributed by atoms with Crippen molar-refractivity contribution in [2.75, 3.05) is 0 Å². The number of carbonyl (C=O) groups excluding carboxylic acids is 4. The number of hydrogen-bond donors (Lipinski definition) is 6. The van der Waals surface area contributed by atoms with Crippen LogP contribution in [0.25, 0.3) is 0 Å². The fourth-order valence-corrected chi connectivity index (χ4v) is 1.13. The molecule has 0 aliphatic carbocycles. The van der Waals surface area contributed by atoms with Gasteiger partial charge in [0.1, 0.15) is 24.7 Å². The zero-order chi connectivity index (χ0) is 21.8. The van der Waals surface area contributed by atoms with E-state index in [4.69, 9.17) is 33.1 Å². The lowest BCUT2D eigenvalue weighted by molar-refractivity contribution is -0.139. The van der Waals surface area contributed by atoms with Gasteiger partial charge in [-0.25, -0.2) is 0 Å². The molecular formula is C15H28N4O8. The molecule has 156 valence electrons. The van der Waals surface area contributed by atoms with E-state index in [0.29, 0.717) is 19.3 Å². The predicted octanol–water partition coefficient (Wildman–Crippen LogP) is -2.12. The molecule has 0 heterocycles. The van der Waals surface area contributed by atoms with Crippen LogP contribution in [0, 0.1) is 0 Å². The summed E-state index contributed by atoms with van der Waals surface area (Å²) in [5.41, 5.74) is 19.6. The Bertz CT molecular complexity index is 442. The van der Waals surface area contributed by atoms with Crippen molar-refractivity contribution in [3.63, 3.8) is 0 Å². The molecule has 0 spiro atoms. The van der Waals surface area contributed by atoms with Crippen molar-refractivity contribution >= 4 is 36.3 Å². The van der Waals surface area contributed by atoms with Gasteiger partial charge in [0.2, 0.25) is 11.8 Å². The second-order valence-corrected chi connectivity index (χ2v) is 5.16. The number of aliphatic carboxylic acids is 2. The molecule has 2 amide bonds. The van der Waals surface area contributed by atoms with Crippen molar-refractivity contribution in [2.24, 2.45) is 22.9 Å². The lowest BCUT2D eigenvalue weighted by Crippen LogP contribution is -2.31. The predicted molar refractivity (Wildman–Crippen MR) is 94.1 cm³/mol. The van der Waals surface area contributed by atoms with Gasteiger partial charge in [-0.2, -0.15) is 0 Å². The fourth-order valence-electron chi connectivity index (χ4n) is 1.13. The Morgan fingerprint density at radius 3 is 1.22 bits per heavy atom. The monoisotopic (exact) mass is 392 g/mol. The maximum Gasteiger partial charge on any atom is 0.320 e. The van der Waals surface area contributed by atoms with Crippen LogP contribution < -0.4 is 22.9 Å². The average Bonchev–Trinajstić information content (AvgIpc) is 2.58. The van der Waals surface area contributed by atoms with E-state index < -0.39 is 35.8 Å². The summed E-state index contributed by atoms with van der Waals surface area (Å²) >= 11 is 0. The number of carboxylic acid groups (broad SMARTS) is 2. The molecule has 0 aromatic rings. The summed E-state index contributed by atoms with van der Waals surface area (Å²) in [5.74, 6) is -3.28. The second-order valence-electron chi connectivity index (χ2n) is 5.16. The first-order valence-corrected chi connectivity index (χ1v) is 7.90. The minimum Gasteiger partial charge on any atom is -0.480 e. The Labute approximate surface area is 156 Å². The molecule has 10 N–H and O–H groups in total. The highest BCUT2D eigenvalue weighted by molar-refractivity contribution is 5.77. The number of carboxylic acids is 2. The topological polar surface area (TPSA) is 247 Å². The van der Waals surface area contributed by atoms with Crippen LogP contribution in [-0.4, -0.2) is 58.6 Å². The molecule has 0 fully saturated rings. The molecule has 0 aromatic carbocycles. The van der Waals surface area contributed by atoms with E-state index in [0.717, 1.165) is 12.6 Å². The zero-order valence-electron chi connectivity index (χ0n) is 14.9. The molecule has 0 saturated heterocycles. The lowest BCUT2D eigenvalue weighted by atomic mass is 10.2. The van der Waals surface area contributed by atoms with Gasteiger partial charge >= 0.3 is 11.9 Å². The van der Waals surface area contributed by atoms with Crippen molar-refractivity contribution in [3.05, 3.63) is 0 Å². The molecule has 0 rings (SSSR count). The number of carbonyl (C=O) groups is 6. The zero-order valence-corrected chi connectivity index (χ0v) is 14.9. The van der Waals surface area contributed by atoms with Crippen LogP contribution in [0.3, 0.4) is 0 Å². The van der Waals surface area contributed by atoms with E-state index in [2.05, 4.69) is 0 Å². The van der Waals surface area contributed by atoms with Crippen molar-refractivity contribution < 1.29 is 39.0 Å². The van der Waals surface area contributed by atoms with Gasteiger partial charge in [-0.15, -0.1) is 0 Å². The van der Waals surface area contributed by atoms with Crippen LogP contribution >= 0.6 is 0 Å². The smallest absolute Gasteiger partial charge is 0.320 e. The van der Waals surface area contributed by atoms with Gasteiger partial charge in [-0.1, -0.05) is 0 Å². The first kappa shape index (κ1) is 28.9. The van der Waals surface area contributed by atoms with Gasteiger partial charge < -0.3 is 42.7 Å². The van der Waals surface area contributed by atoms with Gasteiger partial charge in [0.05, 0.1) is 0 Å². The molecular weight excluding hydrogens is 364 g/mol. The quantitative estimate of drug-likeness (QED) is 0.155. The summed E-state index contributed by atoms with van der Waals surface area (Å²) in [4.78, 5) is 59.4. The molecule has 0 saturated carbocycles. The molecule has 0 radical (unpaired) electrons. The van der Waals surface area contributed by atoms with Crippen molar-refractivity contribution in [3.8, 4) is 0 Å². The van der Waals surface area contributed by atoms with E-state index in [1.807, 2.05) is 0 Å². The largest absolute Gasteiger partial charge is 0.480 e. The third kappa shape index (κ3) is 28.2. The van der Waals surface area contributed by atoms with Crippen LogP contribution in [0.5, 0.6) is 0 Å². The third-order valence-electron chi connectivity index (χ3n) is 2.68. The van der Waals surface area contributed by atoms with Crippen molar-refractivity contribution in [2.45, 2.75) is 57.0 Å². The van der Waals surface area contributed by atoms with Gasteiger partial charge in [0.15, 0.2) is 0 Å². The molecule has 27 heavy (non-hydrogen) atoms. The van der Waals surface area contributed by atoms with Crippen LogP contribution in [-0.2, 0) is 28.8 Å². The first-order valence-electron chi connectivity index (χ1n) is 7.90. The van der Waals surface area contributed by atoms with E-state index in [1.165, 1.54) is 0 Å². The molecule has 0 aliphatic rings. The molecule has 2 unspecified atom stereocenters. The highest BCUT2D eigenvalue weighted by atomic mass is 16.4. The SMILES string of the molecule is NC(=O)CCC(N)C(=O)O.NC(=O)CCC(N)C(=O)O.O=CCCCC=O. The Hall–Kier alpha value is -2.86. The normalized spacial score (nSPS) is 11.3. The highest BCUT2D eigenvalue weighted by Gasteiger charge is 2.12. The maximum atomic E-state index is 10.1. The number of unbranched alkanes of at least 4 members (excludes halogenated alkanes) is 2. The van der Waals surface area contributed by atoms with Crippen molar-refractivity contribution in [1.29, 1.82) is 0 Å². The van der Waals surface area contributed by atoms with E-state index >= 15 is 0 Å². The molecule has 2 atom stereocenters. The number of aldehydes is 2. The van der Waals surface area contributed by atoms with Crippen LogP contribution in [0.15, 0.2) is 0 Å². The summed E-state index contributed by atoms with van der Waals surface area (Å²) in [7, 11) is 0. The number of rotatable bonds is 12. The fraction of sp³-hybridized carbons (Fsp3) is 0.600. The number of amides is 2. The summed E-state index contributed by atoms with van der Waals surface area (Å²) in [6.07, 6.45) is 3.62. The number of hydrogen-bond acceptors (Lipinski definition) is 8. The van der Waals surface area contributed by atoms with Crippen LogP contribution in [0.1, 0.15) is 44.9 Å². The van der Waals surface area contributed by atoms with Gasteiger partial charge in [0, 0.05) is 25.7 Å². The number of nitrogens with two attached hydrogens (primary N) is 4. The minimum atomic E-state index is -1.11. The van der Waals surface area contributed by atoms with Gasteiger partial charge in [-0.05, 0) is 19.3 Å². The Balaban J connectivity index is -0.000000326. The Morgan fingerprint density at radius 1 is 0.741 bits per heavy atom. The summed E-state index contributed by atoms with van der Waals surface area (Å²) in [5, 5.41) is 16.4. The van der Waals surface area contributed by atoms with Crippen LogP contribution in [0.2, 0.25) is 0 Å². The minimum absolute atomic E-state index is 0.0213. The van der Waals surface area contributed by atoms with E-state index in [9.17, 15) is 28.8 Å². The van der Waals surface area contributed by atoms with E-state index in [-0.39, 0.29) is 25.7 Å².